The molecule has 0 aromatic heterocycles. The molecule has 1 saturated heterocycles. The van der Waals surface area contributed by atoms with E-state index in [1.165, 1.54) is 0 Å². The van der Waals surface area contributed by atoms with Crippen LogP contribution in [0, 0.1) is 0 Å². The molecular weight excluding hydrogens is 236 g/mol. The summed E-state index contributed by atoms with van der Waals surface area (Å²) in [6.07, 6.45) is 0.798. The first-order valence-corrected chi connectivity index (χ1v) is 5.76. The van der Waals surface area contributed by atoms with Gasteiger partial charge in [0.1, 0.15) is 6.17 Å². The van der Waals surface area contributed by atoms with Crippen molar-refractivity contribution >= 4 is 23.2 Å². The van der Waals surface area contributed by atoms with Crippen LogP contribution >= 0.6 is 23.2 Å². The van der Waals surface area contributed by atoms with E-state index in [1.807, 2.05) is 0 Å². The minimum atomic E-state index is -1.07. The van der Waals surface area contributed by atoms with Crippen LogP contribution in [0.2, 0.25) is 10.0 Å². The van der Waals surface area contributed by atoms with Crippen LogP contribution in [-0.2, 0) is 0 Å². The summed E-state index contributed by atoms with van der Waals surface area (Å²) in [6, 6.07) is 4.79. The van der Waals surface area contributed by atoms with Crippen molar-refractivity contribution in [2.24, 2.45) is 0 Å². The summed E-state index contributed by atoms with van der Waals surface area (Å²) in [5.41, 5.74) is 0.489. The van der Waals surface area contributed by atoms with Crippen molar-refractivity contribution in [1.82, 2.24) is 5.32 Å². The predicted molar refractivity (Wildman–Crippen MR) is 61.3 cm³/mol. The normalized spacial score (nSPS) is 23.0. The van der Waals surface area contributed by atoms with Gasteiger partial charge in [-0.3, -0.25) is 0 Å². The van der Waals surface area contributed by atoms with Gasteiger partial charge in [0.2, 0.25) is 0 Å². The molecule has 1 fully saturated rings. The first-order valence-electron chi connectivity index (χ1n) is 5.01. The average molecular weight is 248 g/mol. The van der Waals surface area contributed by atoms with Crippen LogP contribution in [0.5, 0.6) is 0 Å². The van der Waals surface area contributed by atoms with Crippen LogP contribution < -0.4 is 5.32 Å². The molecule has 1 aliphatic rings. The zero-order valence-electron chi connectivity index (χ0n) is 8.14. The van der Waals surface area contributed by atoms with Gasteiger partial charge in [0.05, 0.1) is 0 Å². The van der Waals surface area contributed by atoms with Gasteiger partial charge < -0.3 is 5.32 Å². The monoisotopic (exact) mass is 247 g/mol. The molecule has 0 amide bonds. The van der Waals surface area contributed by atoms with E-state index in [9.17, 15) is 4.39 Å². The molecule has 1 heterocycles. The van der Waals surface area contributed by atoms with Crippen LogP contribution in [0.3, 0.4) is 0 Å². The van der Waals surface area contributed by atoms with Crippen molar-refractivity contribution in [2.45, 2.75) is 25.1 Å². The third-order valence-corrected chi connectivity index (χ3v) is 3.29. The van der Waals surface area contributed by atoms with Gasteiger partial charge >= 0.3 is 0 Å². The number of rotatable bonds is 2. The second-order valence-electron chi connectivity index (χ2n) is 3.77. The third-order valence-electron chi connectivity index (χ3n) is 2.71. The SMILES string of the molecule is FC(c1cc(Cl)ccc1Cl)C1CCCN1. The summed E-state index contributed by atoms with van der Waals surface area (Å²) in [7, 11) is 0. The molecule has 82 valence electrons. The maximum atomic E-state index is 14.1. The molecule has 2 atom stereocenters. The van der Waals surface area contributed by atoms with Crippen molar-refractivity contribution < 1.29 is 4.39 Å². The molecule has 1 N–H and O–H groups in total. The second-order valence-corrected chi connectivity index (χ2v) is 4.61. The van der Waals surface area contributed by atoms with Crippen LogP contribution in [0.1, 0.15) is 24.6 Å². The lowest BCUT2D eigenvalue weighted by atomic mass is 10.0. The molecule has 0 bridgehead atoms. The topological polar surface area (TPSA) is 12.0 Å². The molecular formula is C11H12Cl2FN. The lowest BCUT2D eigenvalue weighted by Gasteiger charge is -2.17. The van der Waals surface area contributed by atoms with Crippen molar-refractivity contribution in [1.29, 1.82) is 0 Å². The Labute approximate surface area is 98.6 Å². The number of nitrogens with one attached hydrogen (secondary N) is 1. The highest BCUT2D eigenvalue weighted by Gasteiger charge is 2.27. The van der Waals surface area contributed by atoms with E-state index in [-0.39, 0.29) is 6.04 Å². The van der Waals surface area contributed by atoms with Gasteiger partial charge in [-0.05, 0) is 37.6 Å². The van der Waals surface area contributed by atoms with Crippen molar-refractivity contribution in [3.63, 3.8) is 0 Å². The number of halogens is 3. The van der Waals surface area contributed by atoms with E-state index in [1.54, 1.807) is 18.2 Å². The van der Waals surface area contributed by atoms with Gasteiger partial charge in [-0.15, -0.1) is 0 Å². The van der Waals surface area contributed by atoms with E-state index >= 15 is 0 Å². The highest BCUT2D eigenvalue weighted by atomic mass is 35.5. The molecule has 0 saturated carbocycles. The Morgan fingerprint density at radius 3 is 2.87 bits per heavy atom. The van der Waals surface area contributed by atoms with E-state index in [4.69, 9.17) is 23.2 Å². The minimum absolute atomic E-state index is 0.124. The largest absolute Gasteiger partial charge is 0.311 e. The molecule has 2 rings (SSSR count). The zero-order valence-corrected chi connectivity index (χ0v) is 9.65. The minimum Gasteiger partial charge on any atom is -0.311 e. The Kier molecular flexibility index (Phi) is 3.49. The Bertz CT molecular complexity index is 350. The molecule has 15 heavy (non-hydrogen) atoms. The number of alkyl halides is 1. The Morgan fingerprint density at radius 1 is 1.40 bits per heavy atom. The lowest BCUT2D eigenvalue weighted by molar-refractivity contribution is 0.271. The maximum absolute atomic E-state index is 14.1. The summed E-state index contributed by atoms with van der Waals surface area (Å²) in [5, 5.41) is 4.09. The third kappa shape index (κ3) is 2.44. The van der Waals surface area contributed by atoms with E-state index in [0.29, 0.717) is 15.6 Å². The highest BCUT2D eigenvalue weighted by Crippen LogP contribution is 2.33. The molecule has 0 radical (unpaired) electrons. The quantitative estimate of drug-likeness (QED) is 0.840. The van der Waals surface area contributed by atoms with Crippen molar-refractivity contribution in [3.05, 3.63) is 33.8 Å². The van der Waals surface area contributed by atoms with Crippen LogP contribution in [0.4, 0.5) is 4.39 Å². The zero-order chi connectivity index (χ0) is 10.8. The lowest BCUT2D eigenvalue weighted by Crippen LogP contribution is -2.26. The molecule has 1 aromatic rings. The standard InChI is InChI=1S/C11H12Cl2FN/c12-7-3-4-9(13)8(6-7)11(14)10-2-1-5-15-10/h3-4,6,10-11,15H,1-2,5H2. The molecule has 1 aliphatic heterocycles. The summed E-state index contributed by atoms with van der Waals surface area (Å²) in [5.74, 6) is 0. The van der Waals surface area contributed by atoms with Gasteiger partial charge in [0.15, 0.2) is 0 Å². The fourth-order valence-corrected chi connectivity index (χ4v) is 2.31. The van der Waals surface area contributed by atoms with Crippen molar-refractivity contribution in [2.75, 3.05) is 6.54 Å². The van der Waals surface area contributed by atoms with Crippen LogP contribution in [-0.4, -0.2) is 12.6 Å². The Morgan fingerprint density at radius 2 is 2.20 bits per heavy atom. The van der Waals surface area contributed by atoms with Gasteiger partial charge in [0.25, 0.3) is 0 Å². The maximum Gasteiger partial charge on any atom is 0.142 e. The molecule has 2 unspecified atom stereocenters. The molecule has 1 aromatic carbocycles. The fraction of sp³-hybridized carbons (Fsp3) is 0.455. The molecule has 4 heteroatoms. The molecule has 0 aliphatic carbocycles. The van der Waals surface area contributed by atoms with Gasteiger partial charge in [-0.25, -0.2) is 4.39 Å². The van der Waals surface area contributed by atoms with E-state index in [2.05, 4.69) is 5.32 Å². The Balaban J connectivity index is 2.23. The average Bonchev–Trinajstić information content (AvgIpc) is 2.74. The summed E-state index contributed by atoms with van der Waals surface area (Å²) < 4.78 is 14.1. The van der Waals surface area contributed by atoms with Crippen LogP contribution in [0.25, 0.3) is 0 Å². The first kappa shape index (κ1) is 11.2. The number of hydrogen-bond donors (Lipinski definition) is 1. The molecule has 1 nitrogen and oxygen atoms in total. The second kappa shape index (κ2) is 4.69. The van der Waals surface area contributed by atoms with Gasteiger partial charge in [-0.2, -0.15) is 0 Å². The Hall–Kier alpha value is -0.310. The van der Waals surface area contributed by atoms with Gasteiger partial charge in [0, 0.05) is 21.7 Å². The first-order chi connectivity index (χ1) is 7.18. The van der Waals surface area contributed by atoms with Gasteiger partial charge in [-0.1, -0.05) is 23.2 Å². The van der Waals surface area contributed by atoms with E-state index < -0.39 is 6.17 Å². The summed E-state index contributed by atoms with van der Waals surface area (Å²) in [4.78, 5) is 0. The van der Waals surface area contributed by atoms with Crippen LogP contribution in [0.15, 0.2) is 18.2 Å². The van der Waals surface area contributed by atoms with E-state index in [0.717, 1.165) is 19.4 Å². The summed E-state index contributed by atoms with van der Waals surface area (Å²) in [6.45, 7) is 0.878. The highest BCUT2D eigenvalue weighted by molar-refractivity contribution is 6.33. The van der Waals surface area contributed by atoms with Crippen molar-refractivity contribution in [3.8, 4) is 0 Å². The predicted octanol–water partition coefficient (Wildman–Crippen LogP) is 3.76. The summed E-state index contributed by atoms with van der Waals surface area (Å²) >= 11 is 11.8. The number of hydrogen-bond acceptors (Lipinski definition) is 1. The molecule has 0 spiro atoms. The fourth-order valence-electron chi connectivity index (χ4n) is 1.90. The number of benzene rings is 1. The smallest absolute Gasteiger partial charge is 0.142 e.